The highest BCUT2D eigenvalue weighted by Crippen LogP contribution is 2.16. The number of halogens is 3. The largest absolute Gasteiger partial charge is 0.467 e. The highest BCUT2D eigenvalue weighted by Gasteiger charge is 2.28. The lowest BCUT2D eigenvalue weighted by Crippen LogP contribution is -2.30. The van der Waals surface area contributed by atoms with Crippen LogP contribution in [0, 0.1) is 0 Å². The Hall–Kier alpha value is -2.71. The molecule has 0 unspecified atom stereocenters. The molecule has 128 valence electrons. The number of carbonyl (C=O) groups excluding carboxylic acids is 1. The van der Waals surface area contributed by atoms with Crippen LogP contribution in [0.3, 0.4) is 0 Å². The second kappa shape index (κ2) is 7.71. The molecule has 0 saturated carbocycles. The van der Waals surface area contributed by atoms with E-state index in [1.807, 2.05) is 12.1 Å². The molecule has 9 heteroatoms. The molecule has 24 heavy (non-hydrogen) atoms. The van der Waals surface area contributed by atoms with E-state index in [1.165, 1.54) is 17.0 Å². The molecule has 2 aromatic rings. The number of pyridine rings is 1. The van der Waals surface area contributed by atoms with Gasteiger partial charge in [-0.15, -0.1) is 10.2 Å². The molecule has 0 aliphatic rings. The van der Waals surface area contributed by atoms with Crippen LogP contribution in [0.1, 0.15) is 16.2 Å². The van der Waals surface area contributed by atoms with Crippen LogP contribution in [-0.2, 0) is 6.42 Å². The molecule has 0 atom stereocenters. The standard InChI is InChI=1S/C15H15F3N4O2/c1-22(9-7-11-4-2-3-8-19-11)14(23)12-5-6-13(21-20-12)24-10-15(16,17)18/h2-6,8H,7,9-10H2,1H3. The molecular formula is C15H15F3N4O2. The summed E-state index contributed by atoms with van der Waals surface area (Å²) < 4.78 is 40.6. The first-order valence-corrected chi connectivity index (χ1v) is 7.04. The average molecular weight is 340 g/mol. The van der Waals surface area contributed by atoms with Crippen LogP contribution < -0.4 is 4.74 Å². The van der Waals surface area contributed by atoms with E-state index in [1.54, 1.807) is 19.3 Å². The average Bonchev–Trinajstić information content (AvgIpc) is 2.58. The maximum absolute atomic E-state index is 12.2. The molecule has 0 spiro atoms. The van der Waals surface area contributed by atoms with E-state index >= 15 is 0 Å². The van der Waals surface area contributed by atoms with Crippen molar-refractivity contribution >= 4 is 5.91 Å². The van der Waals surface area contributed by atoms with Gasteiger partial charge in [-0.05, 0) is 18.2 Å². The molecule has 0 saturated heterocycles. The van der Waals surface area contributed by atoms with Crippen molar-refractivity contribution in [1.29, 1.82) is 0 Å². The summed E-state index contributed by atoms with van der Waals surface area (Å²) in [5, 5.41) is 7.08. The predicted octanol–water partition coefficient (Wildman–Crippen LogP) is 2.13. The fourth-order valence-corrected chi connectivity index (χ4v) is 1.79. The zero-order valence-corrected chi connectivity index (χ0v) is 12.8. The van der Waals surface area contributed by atoms with E-state index in [-0.39, 0.29) is 17.5 Å². The monoisotopic (exact) mass is 340 g/mol. The summed E-state index contributed by atoms with van der Waals surface area (Å²) in [6.45, 7) is -1.04. The minimum Gasteiger partial charge on any atom is -0.467 e. The van der Waals surface area contributed by atoms with Gasteiger partial charge in [-0.2, -0.15) is 13.2 Å². The number of ether oxygens (including phenoxy) is 1. The summed E-state index contributed by atoms with van der Waals surface area (Å²) >= 11 is 0. The summed E-state index contributed by atoms with van der Waals surface area (Å²) in [6.07, 6.45) is -2.21. The minimum atomic E-state index is -4.46. The van der Waals surface area contributed by atoms with Gasteiger partial charge in [0.05, 0.1) is 0 Å². The Kier molecular flexibility index (Phi) is 5.67. The van der Waals surface area contributed by atoms with Crippen molar-refractivity contribution < 1.29 is 22.7 Å². The quantitative estimate of drug-likeness (QED) is 0.806. The molecule has 6 nitrogen and oxygen atoms in total. The maximum atomic E-state index is 12.2. The molecule has 0 radical (unpaired) electrons. The van der Waals surface area contributed by atoms with Crippen LogP contribution in [0.2, 0.25) is 0 Å². The Balaban J connectivity index is 1.89. The molecule has 1 amide bonds. The Morgan fingerprint density at radius 1 is 1.21 bits per heavy atom. The lowest BCUT2D eigenvalue weighted by atomic mass is 10.2. The van der Waals surface area contributed by atoms with Crippen molar-refractivity contribution in [3.05, 3.63) is 47.9 Å². The first-order chi connectivity index (χ1) is 11.3. The Morgan fingerprint density at radius 3 is 2.58 bits per heavy atom. The fourth-order valence-electron chi connectivity index (χ4n) is 1.79. The lowest BCUT2D eigenvalue weighted by molar-refractivity contribution is -0.154. The van der Waals surface area contributed by atoms with Gasteiger partial charge in [-0.25, -0.2) is 0 Å². The second-order valence-corrected chi connectivity index (χ2v) is 4.96. The lowest BCUT2D eigenvalue weighted by Gasteiger charge is -2.16. The Bertz CT molecular complexity index is 663. The number of nitrogens with zero attached hydrogens (tertiary/aromatic N) is 4. The van der Waals surface area contributed by atoms with Crippen LogP contribution in [-0.4, -0.2) is 52.4 Å². The van der Waals surface area contributed by atoms with Crippen LogP contribution in [0.15, 0.2) is 36.5 Å². The van der Waals surface area contributed by atoms with Gasteiger partial charge in [0, 0.05) is 38.0 Å². The third-order valence-corrected chi connectivity index (χ3v) is 3.02. The Morgan fingerprint density at radius 2 is 2.00 bits per heavy atom. The van der Waals surface area contributed by atoms with Crippen molar-refractivity contribution in [3.63, 3.8) is 0 Å². The molecule has 0 N–H and O–H groups in total. The van der Waals surface area contributed by atoms with Crippen LogP contribution in [0.4, 0.5) is 13.2 Å². The van der Waals surface area contributed by atoms with E-state index in [0.29, 0.717) is 13.0 Å². The van der Waals surface area contributed by atoms with Gasteiger partial charge in [0.25, 0.3) is 5.91 Å². The van der Waals surface area contributed by atoms with Crippen LogP contribution >= 0.6 is 0 Å². The van der Waals surface area contributed by atoms with Crippen molar-refractivity contribution in [2.75, 3.05) is 20.2 Å². The molecule has 0 aromatic carbocycles. The van der Waals surface area contributed by atoms with Gasteiger partial charge in [-0.1, -0.05) is 6.07 Å². The zero-order valence-electron chi connectivity index (χ0n) is 12.8. The summed E-state index contributed by atoms with van der Waals surface area (Å²) in [4.78, 5) is 17.8. The summed E-state index contributed by atoms with van der Waals surface area (Å²) in [7, 11) is 1.60. The highest BCUT2D eigenvalue weighted by atomic mass is 19.4. The summed E-state index contributed by atoms with van der Waals surface area (Å²) in [5.41, 5.74) is 0.872. The third-order valence-electron chi connectivity index (χ3n) is 3.02. The highest BCUT2D eigenvalue weighted by molar-refractivity contribution is 5.91. The van der Waals surface area contributed by atoms with E-state index in [2.05, 4.69) is 19.9 Å². The van der Waals surface area contributed by atoms with Crippen LogP contribution in [0.5, 0.6) is 5.88 Å². The minimum absolute atomic E-state index is 0.0258. The second-order valence-electron chi connectivity index (χ2n) is 4.96. The molecule has 0 fully saturated rings. The van der Waals surface area contributed by atoms with Gasteiger partial charge < -0.3 is 9.64 Å². The van der Waals surface area contributed by atoms with Crippen molar-refractivity contribution in [2.45, 2.75) is 12.6 Å². The SMILES string of the molecule is CN(CCc1ccccn1)C(=O)c1ccc(OCC(F)(F)F)nn1. The predicted molar refractivity (Wildman–Crippen MR) is 78.5 cm³/mol. The van der Waals surface area contributed by atoms with Gasteiger partial charge in [0.2, 0.25) is 5.88 Å². The van der Waals surface area contributed by atoms with E-state index < -0.39 is 12.8 Å². The number of likely N-dealkylation sites (N-methyl/N-ethyl adjacent to an activating group) is 1. The smallest absolute Gasteiger partial charge is 0.422 e. The maximum Gasteiger partial charge on any atom is 0.422 e. The molecule has 2 aromatic heterocycles. The summed E-state index contributed by atoms with van der Waals surface area (Å²) in [6, 6.07) is 7.97. The molecule has 0 aliphatic heterocycles. The number of aromatic nitrogens is 3. The van der Waals surface area contributed by atoms with E-state index in [4.69, 9.17) is 0 Å². The van der Waals surface area contributed by atoms with Gasteiger partial charge in [-0.3, -0.25) is 9.78 Å². The number of rotatable bonds is 6. The van der Waals surface area contributed by atoms with Crippen molar-refractivity contribution in [2.24, 2.45) is 0 Å². The van der Waals surface area contributed by atoms with Crippen LogP contribution in [0.25, 0.3) is 0 Å². The molecule has 0 bridgehead atoms. The number of carbonyl (C=O) groups is 1. The number of amides is 1. The molecule has 2 heterocycles. The van der Waals surface area contributed by atoms with Gasteiger partial charge in [0.15, 0.2) is 12.3 Å². The first-order valence-electron chi connectivity index (χ1n) is 7.04. The summed E-state index contributed by atoms with van der Waals surface area (Å²) in [5.74, 6) is -0.680. The number of alkyl halides is 3. The van der Waals surface area contributed by atoms with Crippen molar-refractivity contribution in [3.8, 4) is 5.88 Å². The Labute approximate surface area is 136 Å². The number of hydrogen-bond donors (Lipinski definition) is 0. The molecule has 2 rings (SSSR count). The van der Waals surface area contributed by atoms with Gasteiger partial charge >= 0.3 is 6.18 Å². The normalized spacial score (nSPS) is 11.2. The van der Waals surface area contributed by atoms with Gasteiger partial charge in [0.1, 0.15) is 0 Å². The fraction of sp³-hybridized carbons (Fsp3) is 0.333. The van der Waals surface area contributed by atoms with Crippen molar-refractivity contribution in [1.82, 2.24) is 20.1 Å². The first kappa shape index (κ1) is 17.6. The topological polar surface area (TPSA) is 68.2 Å². The number of hydrogen-bond acceptors (Lipinski definition) is 5. The third kappa shape index (κ3) is 5.49. The molecule has 0 aliphatic carbocycles. The van der Waals surface area contributed by atoms with E-state index in [0.717, 1.165) is 5.69 Å². The van der Waals surface area contributed by atoms with E-state index in [9.17, 15) is 18.0 Å². The zero-order chi connectivity index (χ0) is 17.6. The molecular weight excluding hydrogens is 325 g/mol.